The summed E-state index contributed by atoms with van der Waals surface area (Å²) in [6.07, 6.45) is 1.66. The van der Waals surface area contributed by atoms with E-state index in [9.17, 15) is 15.0 Å². The molecule has 0 saturated heterocycles. The minimum absolute atomic E-state index is 0.0230. The second-order valence-electron chi connectivity index (χ2n) is 5.84. The number of hydrogen-bond acceptors (Lipinski definition) is 5. The molecule has 0 fully saturated rings. The molecule has 0 saturated carbocycles. The van der Waals surface area contributed by atoms with Crippen LogP contribution in [0.4, 0.5) is 0 Å². The SMILES string of the molecule is COc1ccc(CO)cc1-c1cccc(C(CC(=O)O)c2nccs2)c1. The van der Waals surface area contributed by atoms with E-state index in [4.69, 9.17) is 4.74 Å². The zero-order chi connectivity index (χ0) is 18.5. The topological polar surface area (TPSA) is 79.7 Å². The van der Waals surface area contributed by atoms with Crippen molar-refractivity contribution in [3.63, 3.8) is 0 Å². The molecule has 1 atom stereocenters. The van der Waals surface area contributed by atoms with E-state index in [1.807, 2.05) is 47.8 Å². The number of carboxylic acids is 1. The van der Waals surface area contributed by atoms with Crippen LogP contribution in [0.3, 0.4) is 0 Å². The molecule has 2 N–H and O–H groups in total. The molecule has 134 valence electrons. The van der Waals surface area contributed by atoms with Crippen LogP contribution in [0.2, 0.25) is 0 Å². The number of aromatic nitrogens is 1. The number of rotatable bonds is 7. The van der Waals surface area contributed by atoms with Crippen molar-refractivity contribution in [2.45, 2.75) is 18.9 Å². The standard InChI is InChI=1S/C20H19NO4S/c1-25-18-6-5-13(12-22)9-16(18)14-3-2-4-15(10-14)17(11-19(23)24)20-21-7-8-26-20/h2-10,17,22H,11-12H2,1H3,(H,23,24). The van der Waals surface area contributed by atoms with Crippen molar-refractivity contribution in [3.8, 4) is 16.9 Å². The van der Waals surface area contributed by atoms with E-state index < -0.39 is 5.97 Å². The summed E-state index contributed by atoms with van der Waals surface area (Å²) in [6.45, 7) is -0.0581. The third-order valence-electron chi connectivity index (χ3n) is 4.17. The number of methoxy groups -OCH3 is 1. The largest absolute Gasteiger partial charge is 0.496 e. The Morgan fingerprint density at radius 2 is 2.12 bits per heavy atom. The van der Waals surface area contributed by atoms with Crippen molar-refractivity contribution in [2.75, 3.05) is 7.11 Å². The fourth-order valence-electron chi connectivity index (χ4n) is 2.93. The third kappa shape index (κ3) is 3.92. The van der Waals surface area contributed by atoms with Gasteiger partial charge in [0.1, 0.15) is 10.8 Å². The number of aliphatic hydroxyl groups excluding tert-OH is 1. The summed E-state index contributed by atoms with van der Waals surface area (Å²) in [5.74, 6) is -0.474. The third-order valence-corrected chi connectivity index (χ3v) is 5.06. The summed E-state index contributed by atoms with van der Waals surface area (Å²) in [7, 11) is 1.60. The molecule has 0 aliphatic heterocycles. The van der Waals surface area contributed by atoms with Crippen molar-refractivity contribution < 1.29 is 19.7 Å². The first-order chi connectivity index (χ1) is 12.6. The van der Waals surface area contributed by atoms with Crippen LogP contribution >= 0.6 is 11.3 Å². The molecule has 1 aromatic heterocycles. The molecule has 0 spiro atoms. The predicted octanol–water partition coefficient (Wildman–Crippen LogP) is 3.92. The number of carboxylic acid groups (broad SMARTS) is 1. The van der Waals surface area contributed by atoms with Gasteiger partial charge in [0, 0.05) is 23.1 Å². The summed E-state index contributed by atoms with van der Waals surface area (Å²) >= 11 is 1.45. The number of aliphatic carboxylic acids is 1. The van der Waals surface area contributed by atoms with Crippen molar-refractivity contribution >= 4 is 17.3 Å². The van der Waals surface area contributed by atoms with Gasteiger partial charge in [0.05, 0.1) is 20.1 Å². The molecule has 5 nitrogen and oxygen atoms in total. The van der Waals surface area contributed by atoms with Crippen LogP contribution in [0.5, 0.6) is 5.75 Å². The van der Waals surface area contributed by atoms with Crippen LogP contribution in [0.1, 0.15) is 28.5 Å². The van der Waals surface area contributed by atoms with Crippen molar-refractivity contribution in [3.05, 3.63) is 70.2 Å². The van der Waals surface area contributed by atoms with Gasteiger partial charge in [0.25, 0.3) is 0 Å². The van der Waals surface area contributed by atoms with Gasteiger partial charge in [-0.25, -0.2) is 4.98 Å². The molecule has 0 bridgehead atoms. The number of carbonyl (C=O) groups is 1. The van der Waals surface area contributed by atoms with Crippen molar-refractivity contribution in [1.29, 1.82) is 0 Å². The first-order valence-corrected chi connectivity index (χ1v) is 8.99. The van der Waals surface area contributed by atoms with Crippen molar-refractivity contribution in [2.24, 2.45) is 0 Å². The van der Waals surface area contributed by atoms with E-state index in [-0.39, 0.29) is 18.9 Å². The van der Waals surface area contributed by atoms with E-state index in [2.05, 4.69) is 4.98 Å². The maximum absolute atomic E-state index is 11.3. The molecular weight excluding hydrogens is 350 g/mol. The quantitative estimate of drug-likeness (QED) is 0.660. The van der Waals surface area contributed by atoms with Gasteiger partial charge in [-0.05, 0) is 28.8 Å². The van der Waals surface area contributed by atoms with Crippen LogP contribution in [-0.4, -0.2) is 28.3 Å². The molecule has 6 heteroatoms. The lowest BCUT2D eigenvalue weighted by Crippen LogP contribution is -2.08. The Morgan fingerprint density at radius 3 is 2.77 bits per heavy atom. The van der Waals surface area contributed by atoms with Crippen LogP contribution in [0, 0.1) is 0 Å². The monoisotopic (exact) mass is 369 g/mol. The van der Waals surface area contributed by atoms with Crippen LogP contribution < -0.4 is 4.74 Å². The minimum Gasteiger partial charge on any atom is -0.496 e. The van der Waals surface area contributed by atoms with Gasteiger partial charge in [-0.2, -0.15) is 0 Å². The van der Waals surface area contributed by atoms with Gasteiger partial charge in [0.15, 0.2) is 0 Å². The smallest absolute Gasteiger partial charge is 0.304 e. The van der Waals surface area contributed by atoms with Gasteiger partial charge in [0.2, 0.25) is 0 Å². The second-order valence-corrected chi connectivity index (χ2v) is 6.77. The summed E-state index contributed by atoms with van der Waals surface area (Å²) in [5.41, 5.74) is 3.43. The predicted molar refractivity (Wildman–Crippen MR) is 101 cm³/mol. The summed E-state index contributed by atoms with van der Waals surface area (Å²) in [6, 6.07) is 13.3. The molecule has 3 aromatic rings. The van der Waals surface area contributed by atoms with E-state index >= 15 is 0 Å². The summed E-state index contributed by atoms with van der Waals surface area (Å²) in [4.78, 5) is 15.7. The van der Waals surface area contributed by atoms with Gasteiger partial charge < -0.3 is 14.9 Å². The summed E-state index contributed by atoms with van der Waals surface area (Å²) < 4.78 is 5.45. The molecule has 2 aromatic carbocycles. The lowest BCUT2D eigenvalue weighted by atomic mass is 9.92. The van der Waals surface area contributed by atoms with Crippen LogP contribution in [-0.2, 0) is 11.4 Å². The Balaban J connectivity index is 2.06. The highest BCUT2D eigenvalue weighted by atomic mass is 32.1. The normalized spacial score (nSPS) is 11.9. The molecule has 1 heterocycles. The molecule has 0 aliphatic carbocycles. The molecular formula is C20H19NO4S. The fraction of sp³-hybridized carbons (Fsp3) is 0.200. The van der Waals surface area contributed by atoms with Crippen LogP contribution in [0.15, 0.2) is 54.0 Å². The molecule has 0 amide bonds. The highest BCUT2D eigenvalue weighted by Crippen LogP contribution is 2.35. The Hall–Kier alpha value is -2.70. The number of benzene rings is 2. The Bertz CT molecular complexity index is 893. The first kappa shape index (κ1) is 18.1. The average Bonchev–Trinajstić information content (AvgIpc) is 3.20. The van der Waals surface area contributed by atoms with E-state index in [0.29, 0.717) is 5.75 Å². The average molecular weight is 369 g/mol. The maximum atomic E-state index is 11.3. The zero-order valence-electron chi connectivity index (χ0n) is 14.3. The van der Waals surface area contributed by atoms with Crippen LogP contribution in [0.25, 0.3) is 11.1 Å². The maximum Gasteiger partial charge on any atom is 0.304 e. The Morgan fingerprint density at radius 1 is 1.27 bits per heavy atom. The second kappa shape index (κ2) is 8.12. The van der Waals surface area contributed by atoms with E-state index in [1.165, 1.54) is 11.3 Å². The molecule has 0 radical (unpaired) electrons. The van der Waals surface area contributed by atoms with Gasteiger partial charge in [-0.15, -0.1) is 11.3 Å². The number of ether oxygens (including phenoxy) is 1. The van der Waals surface area contributed by atoms with Gasteiger partial charge in [-0.1, -0.05) is 30.3 Å². The summed E-state index contributed by atoms with van der Waals surface area (Å²) in [5, 5.41) is 21.4. The molecule has 26 heavy (non-hydrogen) atoms. The molecule has 3 rings (SSSR count). The highest BCUT2D eigenvalue weighted by Gasteiger charge is 2.21. The lowest BCUT2D eigenvalue weighted by Gasteiger charge is -2.16. The number of thiazole rings is 1. The first-order valence-electron chi connectivity index (χ1n) is 8.11. The van der Waals surface area contributed by atoms with Gasteiger partial charge in [-0.3, -0.25) is 4.79 Å². The highest BCUT2D eigenvalue weighted by molar-refractivity contribution is 7.09. The van der Waals surface area contributed by atoms with E-state index in [0.717, 1.165) is 27.3 Å². The Labute approximate surface area is 155 Å². The number of nitrogens with zero attached hydrogens (tertiary/aromatic N) is 1. The Kier molecular flexibility index (Phi) is 5.65. The molecule has 1 unspecified atom stereocenters. The number of hydrogen-bond donors (Lipinski definition) is 2. The molecule has 0 aliphatic rings. The van der Waals surface area contributed by atoms with Gasteiger partial charge >= 0.3 is 5.97 Å². The van der Waals surface area contributed by atoms with Crippen molar-refractivity contribution in [1.82, 2.24) is 4.98 Å². The number of aliphatic hydroxyl groups is 1. The minimum atomic E-state index is -0.865. The zero-order valence-corrected chi connectivity index (χ0v) is 15.1. The fourth-order valence-corrected chi connectivity index (χ4v) is 3.70. The lowest BCUT2D eigenvalue weighted by molar-refractivity contribution is -0.137. The van der Waals surface area contributed by atoms with E-state index in [1.54, 1.807) is 13.3 Å².